The highest BCUT2D eigenvalue weighted by Crippen LogP contribution is 2.23. The standard InChI is InChI=1S/C18H24N2O3/c21-17(15-8-4-10-19-12-15)20-11-5-9-16(20)18(22)23-13-14-6-2-1-3-7-14/h1-3,6-7,15-16,19H,4-5,8-13H2/t15-,16?/m0/s1. The monoisotopic (exact) mass is 316 g/mol. The van der Waals surface area contributed by atoms with Crippen molar-refractivity contribution in [3.05, 3.63) is 35.9 Å². The lowest BCUT2D eigenvalue weighted by atomic mass is 9.98. The number of likely N-dealkylation sites (tertiary alicyclic amines) is 1. The molecule has 124 valence electrons. The van der Waals surface area contributed by atoms with Gasteiger partial charge >= 0.3 is 5.97 Å². The molecule has 2 heterocycles. The minimum absolute atomic E-state index is 0.00581. The van der Waals surface area contributed by atoms with E-state index < -0.39 is 6.04 Å². The molecule has 0 aromatic heterocycles. The lowest BCUT2D eigenvalue weighted by Crippen LogP contribution is -2.47. The van der Waals surface area contributed by atoms with Crippen molar-refractivity contribution in [3.63, 3.8) is 0 Å². The molecular formula is C18H24N2O3. The Morgan fingerprint density at radius 2 is 2.00 bits per heavy atom. The van der Waals surface area contributed by atoms with Crippen LogP contribution in [-0.2, 0) is 20.9 Å². The van der Waals surface area contributed by atoms with E-state index in [9.17, 15) is 9.59 Å². The quantitative estimate of drug-likeness (QED) is 0.859. The van der Waals surface area contributed by atoms with Gasteiger partial charge in [0.25, 0.3) is 0 Å². The topological polar surface area (TPSA) is 58.6 Å². The number of nitrogens with zero attached hydrogens (tertiary/aromatic N) is 1. The minimum atomic E-state index is -0.409. The van der Waals surface area contributed by atoms with E-state index in [0.29, 0.717) is 13.0 Å². The molecule has 5 nitrogen and oxygen atoms in total. The highest BCUT2D eigenvalue weighted by atomic mass is 16.5. The molecule has 0 radical (unpaired) electrons. The molecule has 0 spiro atoms. The van der Waals surface area contributed by atoms with E-state index in [4.69, 9.17) is 4.74 Å². The largest absolute Gasteiger partial charge is 0.459 e. The Bertz CT molecular complexity index is 540. The van der Waals surface area contributed by atoms with Crippen LogP contribution in [0.15, 0.2) is 30.3 Å². The molecule has 0 bridgehead atoms. The number of amides is 1. The van der Waals surface area contributed by atoms with Crippen LogP contribution < -0.4 is 5.32 Å². The summed E-state index contributed by atoms with van der Waals surface area (Å²) in [5, 5.41) is 3.27. The van der Waals surface area contributed by atoms with Gasteiger partial charge in [-0.25, -0.2) is 4.79 Å². The number of ether oxygens (including phenoxy) is 1. The summed E-state index contributed by atoms with van der Waals surface area (Å²) >= 11 is 0. The Hall–Kier alpha value is -1.88. The van der Waals surface area contributed by atoms with Crippen LogP contribution in [0.2, 0.25) is 0 Å². The third-order valence-corrected chi connectivity index (χ3v) is 4.68. The first-order chi connectivity index (χ1) is 11.3. The van der Waals surface area contributed by atoms with E-state index in [1.54, 1.807) is 4.90 Å². The summed E-state index contributed by atoms with van der Waals surface area (Å²) in [6.45, 7) is 2.64. The molecule has 1 unspecified atom stereocenters. The smallest absolute Gasteiger partial charge is 0.329 e. The van der Waals surface area contributed by atoms with Crippen molar-refractivity contribution in [1.82, 2.24) is 10.2 Å². The normalized spacial score (nSPS) is 24.4. The van der Waals surface area contributed by atoms with Crippen LogP contribution >= 0.6 is 0 Å². The maximum Gasteiger partial charge on any atom is 0.329 e. The summed E-state index contributed by atoms with van der Waals surface area (Å²) in [5.74, 6) is -0.161. The van der Waals surface area contributed by atoms with Gasteiger partial charge in [0.2, 0.25) is 5.91 Å². The van der Waals surface area contributed by atoms with Crippen LogP contribution in [-0.4, -0.2) is 42.5 Å². The van der Waals surface area contributed by atoms with Crippen LogP contribution in [0.25, 0.3) is 0 Å². The number of carbonyl (C=O) groups is 2. The molecule has 1 amide bonds. The molecule has 0 saturated carbocycles. The Kier molecular flexibility index (Phi) is 5.28. The predicted octanol–water partition coefficient (Wildman–Crippen LogP) is 1.72. The van der Waals surface area contributed by atoms with E-state index in [1.165, 1.54) is 0 Å². The highest BCUT2D eigenvalue weighted by molar-refractivity contribution is 5.86. The lowest BCUT2D eigenvalue weighted by molar-refractivity contribution is -0.155. The number of piperidine rings is 1. The maximum atomic E-state index is 12.7. The zero-order chi connectivity index (χ0) is 16.1. The lowest BCUT2D eigenvalue weighted by Gasteiger charge is -2.30. The Labute approximate surface area is 137 Å². The third kappa shape index (κ3) is 3.91. The molecule has 1 aromatic rings. The summed E-state index contributed by atoms with van der Waals surface area (Å²) in [7, 11) is 0. The number of carbonyl (C=O) groups excluding carboxylic acids is 2. The van der Waals surface area contributed by atoms with E-state index in [2.05, 4.69) is 5.32 Å². The SMILES string of the molecule is O=C(OCc1ccccc1)C1CCCN1C(=O)[C@H]1CCCNC1. The van der Waals surface area contributed by atoms with Gasteiger partial charge in [0.1, 0.15) is 12.6 Å². The molecule has 0 aliphatic carbocycles. The second kappa shape index (κ2) is 7.59. The van der Waals surface area contributed by atoms with Gasteiger partial charge < -0.3 is 15.0 Å². The van der Waals surface area contributed by atoms with Gasteiger partial charge in [-0.05, 0) is 37.8 Å². The summed E-state index contributed by atoms with van der Waals surface area (Å²) in [6.07, 6.45) is 3.51. The number of benzene rings is 1. The molecule has 2 aliphatic rings. The third-order valence-electron chi connectivity index (χ3n) is 4.68. The van der Waals surface area contributed by atoms with Crippen LogP contribution in [0.3, 0.4) is 0 Å². The van der Waals surface area contributed by atoms with Crippen molar-refractivity contribution in [2.45, 2.75) is 38.3 Å². The summed E-state index contributed by atoms with van der Waals surface area (Å²) in [4.78, 5) is 26.8. The van der Waals surface area contributed by atoms with Gasteiger partial charge in [0.05, 0.1) is 5.92 Å². The predicted molar refractivity (Wildman–Crippen MR) is 86.6 cm³/mol. The second-order valence-corrected chi connectivity index (χ2v) is 6.33. The average Bonchev–Trinajstić information content (AvgIpc) is 3.10. The first-order valence-corrected chi connectivity index (χ1v) is 8.47. The fourth-order valence-corrected chi connectivity index (χ4v) is 3.40. The molecular weight excluding hydrogens is 292 g/mol. The van der Waals surface area contributed by atoms with Gasteiger partial charge in [-0.1, -0.05) is 30.3 Å². The summed E-state index contributed by atoms with van der Waals surface area (Å²) in [6, 6.07) is 9.22. The van der Waals surface area contributed by atoms with Crippen LogP contribution in [0.4, 0.5) is 0 Å². The van der Waals surface area contributed by atoms with Gasteiger partial charge in [-0.15, -0.1) is 0 Å². The van der Waals surface area contributed by atoms with Gasteiger partial charge in [0.15, 0.2) is 0 Å². The maximum absolute atomic E-state index is 12.7. The molecule has 2 atom stereocenters. The van der Waals surface area contributed by atoms with Gasteiger partial charge in [0, 0.05) is 13.1 Å². The number of hydrogen-bond acceptors (Lipinski definition) is 4. The first-order valence-electron chi connectivity index (χ1n) is 8.47. The first kappa shape index (κ1) is 16.0. The number of hydrogen-bond donors (Lipinski definition) is 1. The number of rotatable bonds is 4. The van der Waals surface area contributed by atoms with Crippen molar-refractivity contribution in [3.8, 4) is 0 Å². The fraction of sp³-hybridized carbons (Fsp3) is 0.556. The summed E-state index contributed by atoms with van der Waals surface area (Å²) < 4.78 is 5.43. The summed E-state index contributed by atoms with van der Waals surface area (Å²) in [5.41, 5.74) is 0.966. The van der Waals surface area contributed by atoms with Crippen molar-refractivity contribution in [1.29, 1.82) is 0 Å². The van der Waals surface area contributed by atoms with E-state index in [1.807, 2.05) is 30.3 Å². The van der Waals surface area contributed by atoms with Crippen LogP contribution in [0.1, 0.15) is 31.2 Å². The Balaban J connectivity index is 1.57. The van der Waals surface area contributed by atoms with Crippen LogP contribution in [0, 0.1) is 5.92 Å². The van der Waals surface area contributed by atoms with Crippen molar-refractivity contribution >= 4 is 11.9 Å². The minimum Gasteiger partial charge on any atom is -0.459 e. The molecule has 1 N–H and O–H groups in total. The van der Waals surface area contributed by atoms with Gasteiger partial charge in [-0.2, -0.15) is 0 Å². The fourth-order valence-electron chi connectivity index (χ4n) is 3.40. The van der Waals surface area contributed by atoms with E-state index in [0.717, 1.165) is 37.9 Å². The van der Waals surface area contributed by atoms with Crippen LogP contribution in [0.5, 0.6) is 0 Å². The van der Waals surface area contributed by atoms with Gasteiger partial charge in [-0.3, -0.25) is 4.79 Å². The molecule has 2 aliphatic heterocycles. The zero-order valence-corrected chi connectivity index (χ0v) is 13.4. The Morgan fingerprint density at radius 3 is 2.74 bits per heavy atom. The molecule has 1 aromatic carbocycles. The van der Waals surface area contributed by atoms with Crippen molar-refractivity contribution in [2.75, 3.05) is 19.6 Å². The molecule has 2 fully saturated rings. The Morgan fingerprint density at radius 1 is 1.17 bits per heavy atom. The average molecular weight is 316 g/mol. The molecule has 2 saturated heterocycles. The number of nitrogens with one attached hydrogen (secondary N) is 1. The zero-order valence-electron chi connectivity index (χ0n) is 13.4. The molecule has 3 rings (SSSR count). The van der Waals surface area contributed by atoms with Crippen molar-refractivity contribution in [2.24, 2.45) is 5.92 Å². The number of esters is 1. The van der Waals surface area contributed by atoms with E-state index in [-0.39, 0.29) is 24.4 Å². The van der Waals surface area contributed by atoms with Crippen molar-refractivity contribution < 1.29 is 14.3 Å². The highest BCUT2D eigenvalue weighted by Gasteiger charge is 2.38. The second-order valence-electron chi connectivity index (χ2n) is 6.33. The molecule has 23 heavy (non-hydrogen) atoms. The molecule has 5 heteroatoms. The van der Waals surface area contributed by atoms with E-state index >= 15 is 0 Å².